The molecule has 1 aliphatic rings. The van der Waals surface area contributed by atoms with Crippen molar-refractivity contribution in [3.05, 3.63) is 0 Å². The van der Waals surface area contributed by atoms with Crippen LogP contribution in [0.5, 0.6) is 0 Å². The first kappa shape index (κ1) is 9.29. The van der Waals surface area contributed by atoms with Crippen LogP contribution in [0, 0.1) is 0 Å². The molecule has 11 heavy (non-hydrogen) atoms. The first-order chi connectivity index (χ1) is 5.29. The Balaban J connectivity index is 2.25. The first-order valence-electron chi connectivity index (χ1n) is 3.87. The molecule has 0 aromatic rings. The smallest absolute Gasteiger partial charge is 0.0870 e. The summed E-state index contributed by atoms with van der Waals surface area (Å²) in [5, 5.41) is 0. The molecule has 2 N–H and O–H groups in total. The van der Waals surface area contributed by atoms with E-state index in [-0.39, 0.29) is 0 Å². The fourth-order valence-electron chi connectivity index (χ4n) is 1.18. The maximum absolute atomic E-state index is 5.46. The Kier molecular flexibility index (Phi) is 4.18. The van der Waals surface area contributed by atoms with E-state index in [9.17, 15) is 0 Å². The zero-order valence-electron chi connectivity index (χ0n) is 6.58. The molecule has 1 heterocycles. The lowest BCUT2D eigenvalue weighted by molar-refractivity contribution is 0.337. The molecule has 0 unspecified atom stereocenters. The van der Waals surface area contributed by atoms with Crippen LogP contribution in [0.15, 0.2) is 0 Å². The number of rotatable bonds is 2. The summed E-state index contributed by atoms with van der Waals surface area (Å²) in [5.41, 5.74) is 5.46. The van der Waals surface area contributed by atoms with Crippen LogP contribution in [-0.2, 0) is 0 Å². The van der Waals surface area contributed by atoms with E-state index < -0.39 is 0 Å². The molecule has 0 aliphatic carbocycles. The van der Waals surface area contributed by atoms with Gasteiger partial charge in [-0.25, -0.2) is 0 Å². The van der Waals surface area contributed by atoms with Gasteiger partial charge >= 0.3 is 0 Å². The van der Waals surface area contributed by atoms with Gasteiger partial charge in [0.15, 0.2) is 0 Å². The number of thioether (sulfide) groups is 1. The van der Waals surface area contributed by atoms with Crippen LogP contribution in [0.4, 0.5) is 0 Å². The van der Waals surface area contributed by atoms with Gasteiger partial charge in [0, 0.05) is 18.8 Å². The normalized spacial score (nSPS) is 21.1. The molecule has 2 nitrogen and oxygen atoms in total. The molecular weight excluding hydrogens is 176 g/mol. The molecule has 0 radical (unpaired) electrons. The molecular formula is C7H14N2S2. The van der Waals surface area contributed by atoms with Crippen LogP contribution in [0.1, 0.15) is 6.42 Å². The van der Waals surface area contributed by atoms with E-state index in [0.717, 1.165) is 19.6 Å². The number of thiocarbonyl (C=S) groups is 1. The highest BCUT2D eigenvalue weighted by Crippen LogP contribution is 2.09. The summed E-state index contributed by atoms with van der Waals surface area (Å²) in [6.45, 7) is 3.10. The Morgan fingerprint density at radius 3 is 3.00 bits per heavy atom. The van der Waals surface area contributed by atoms with Gasteiger partial charge in [-0.3, -0.25) is 4.90 Å². The Morgan fingerprint density at radius 1 is 1.45 bits per heavy atom. The second-order valence-corrected chi connectivity index (χ2v) is 4.46. The highest BCUT2D eigenvalue weighted by Gasteiger charge is 2.08. The van der Waals surface area contributed by atoms with Gasteiger partial charge in [0.2, 0.25) is 0 Å². The number of nitrogens with zero attached hydrogens (tertiary/aromatic N) is 1. The molecule has 0 saturated carbocycles. The fourth-order valence-corrected chi connectivity index (χ4v) is 2.28. The molecule has 0 bridgehead atoms. The third-order valence-electron chi connectivity index (χ3n) is 1.69. The van der Waals surface area contributed by atoms with Crippen molar-refractivity contribution in [3.63, 3.8) is 0 Å². The molecule has 1 aliphatic heterocycles. The lowest BCUT2D eigenvalue weighted by Gasteiger charge is -2.17. The Hall–Kier alpha value is 0.200. The van der Waals surface area contributed by atoms with E-state index in [1.807, 2.05) is 11.8 Å². The molecule has 1 rings (SSSR count). The largest absolute Gasteiger partial charge is 0.392 e. The van der Waals surface area contributed by atoms with Gasteiger partial charge in [-0.15, -0.1) is 0 Å². The van der Waals surface area contributed by atoms with Crippen LogP contribution in [0.25, 0.3) is 0 Å². The molecule has 0 spiro atoms. The molecule has 0 aromatic carbocycles. The van der Waals surface area contributed by atoms with Gasteiger partial charge in [0.25, 0.3) is 0 Å². The average Bonchev–Trinajstić information content (AvgIpc) is 2.14. The predicted octanol–water partition coefficient (Wildman–Crippen LogP) is 0.711. The monoisotopic (exact) mass is 190 g/mol. The van der Waals surface area contributed by atoms with Crippen LogP contribution in [0.2, 0.25) is 0 Å². The zero-order valence-corrected chi connectivity index (χ0v) is 8.22. The van der Waals surface area contributed by atoms with Crippen LogP contribution < -0.4 is 5.73 Å². The predicted molar refractivity (Wildman–Crippen MR) is 55.2 cm³/mol. The van der Waals surface area contributed by atoms with Crippen LogP contribution in [0.3, 0.4) is 0 Å². The fraction of sp³-hybridized carbons (Fsp3) is 0.857. The van der Waals surface area contributed by atoms with Crippen molar-refractivity contribution in [2.24, 2.45) is 5.73 Å². The number of hydrogen-bond acceptors (Lipinski definition) is 3. The zero-order chi connectivity index (χ0) is 8.10. The SMILES string of the molecule is NC(=S)CN1CCCSCC1. The molecule has 1 saturated heterocycles. The summed E-state index contributed by atoms with van der Waals surface area (Å²) in [6, 6.07) is 0. The highest BCUT2D eigenvalue weighted by atomic mass is 32.2. The molecule has 4 heteroatoms. The van der Waals surface area contributed by atoms with Crippen molar-refractivity contribution in [1.29, 1.82) is 0 Å². The summed E-state index contributed by atoms with van der Waals surface area (Å²) in [6.07, 6.45) is 1.27. The van der Waals surface area contributed by atoms with E-state index in [4.69, 9.17) is 18.0 Å². The van der Waals surface area contributed by atoms with E-state index in [1.54, 1.807) is 0 Å². The quantitative estimate of drug-likeness (QED) is 0.650. The van der Waals surface area contributed by atoms with E-state index in [1.165, 1.54) is 17.9 Å². The van der Waals surface area contributed by atoms with Crippen LogP contribution in [-0.4, -0.2) is 41.0 Å². The first-order valence-corrected chi connectivity index (χ1v) is 5.44. The lowest BCUT2D eigenvalue weighted by atomic mass is 10.4. The highest BCUT2D eigenvalue weighted by molar-refractivity contribution is 7.99. The second-order valence-electron chi connectivity index (χ2n) is 2.71. The molecule has 0 aromatic heterocycles. The molecule has 1 fully saturated rings. The van der Waals surface area contributed by atoms with Gasteiger partial charge in [0.1, 0.15) is 0 Å². The minimum absolute atomic E-state index is 0.622. The molecule has 0 amide bonds. The molecule has 64 valence electrons. The Bertz CT molecular complexity index is 130. The standard InChI is InChI=1S/C7H14N2S2/c8-7(10)6-9-2-1-4-11-5-3-9/h1-6H2,(H2,8,10). The maximum atomic E-state index is 5.46. The van der Waals surface area contributed by atoms with E-state index in [0.29, 0.717) is 4.99 Å². The van der Waals surface area contributed by atoms with Crippen molar-refractivity contribution < 1.29 is 0 Å². The van der Waals surface area contributed by atoms with E-state index in [2.05, 4.69) is 4.90 Å². The van der Waals surface area contributed by atoms with Gasteiger partial charge in [-0.05, 0) is 18.7 Å². The van der Waals surface area contributed by atoms with Crippen LogP contribution >= 0.6 is 24.0 Å². The lowest BCUT2D eigenvalue weighted by Crippen LogP contribution is -2.34. The van der Waals surface area contributed by atoms with Gasteiger partial charge < -0.3 is 5.73 Å². The van der Waals surface area contributed by atoms with Crippen molar-refractivity contribution in [1.82, 2.24) is 4.90 Å². The minimum Gasteiger partial charge on any atom is -0.392 e. The minimum atomic E-state index is 0.622. The van der Waals surface area contributed by atoms with Crippen molar-refractivity contribution in [2.75, 3.05) is 31.1 Å². The maximum Gasteiger partial charge on any atom is 0.0870 e. The van der Waals surface area contributed by atoms with Crippen molar-refractivity contribution >= 4 is 29.0 Å². The molecule has 0 atom stereocenters. The topological polar surface area (TPSA) is 29.3 Å². The Morgan fingerprint density at radius 2 is 2.27 bits per heavy atom. The van der Waals surface area contributed by atoms with Gasteiger partial charge in [0.05, 0.1) is 4.99 Å². The second kappa shape index (κ2) is 4.95. The summed E-state index contributed by atoms with van der Waals surface area (Å²) < 4.78 is 0. The summed E-state index contributed by atoms with van der Waals surface area (Å²) in [5.74, 6) is 2.51. The number of nitrogens with two attached hydrogens (primary N) is 1. The summed E-state index contributed by atoms with van der Waals surface area (Å²) >= 11 is 6.87. The third kappa shape index (κ3) is 3.94. The van der Waals surface area contributed by atoms with E-state index >= 15 is 0 Å². The van der Waals surface area contributed by atoms with Gasteiger partial charge in [-0.1, -0.05) is 12.2 Å². The summed E-state index contributed by atoms with van der Waals surface area (Å²) in [7, 11) is 0. The number of hydrogen-bond donors (Lipinski definition) is 1. The Labute approximate surface area is 77.5 Å². The van der Waals surface area contributed by atoms with Crippen molar-refractivity contribution in [2.45, 2.75) is 6.42 Å². The average molecular weight is 190 g/mol. The van der Waals surface area contributed by atoms with Crippen molar-refractivity contribution in [3.8, 4) is 0 Å². The third-order valence-corrected chi connectivity index (χ3v) is 2.87. The van der Waals surface area contributed by atoms with Gasteiger partial charge in [-0.2, -0.15) is 11.8 Å². The summed E-state index contributed by atoms with van der Waals surface area (Å²) in [4.78, 5) is 2.96.